The number of likely N-dealkylation sites (tertiary alicyclic amines) is 1. The Balaban J connectivity index is 2.38. The van der Waals surface area contributed by atoms with Crippen LogP contribution in [-0.2, 0) is 0 Å². The summed E-state index contributed by atoms with van der Waals surface area (Å²) in [4.78, 5) is 13.5. The molecule has 1 saturated heterocycles. The maximum Gasteiger partial charge on any atom is 0.260 e. The fourth-order valence-corrected chi connectivity index (χ4v) is 2.45. The minimum atomic E-state index is -1.04. The molecule has 1 fully saturated rings. The van der Waals surface area contributed by atoms with Crippen LogP contribution in [0.4, 0.5) is 14.5 Å². The molecule has 0 aliphatic carbocycles. The van der Waals surface area contributed by atoms with Gasteiger partial charge in [0, 0.05) is 6.54 Å². The molecule has 1 aliphatic heterocycles. The number of hydrogen-bond acceptors (Lipinski definition) is 3. The van der Waals surface area contributed by atoms with Crippen LogP contribution in [-0.4, -0.2) is 35.1 Å². The molecule has 1 amide bonds. The lowest BCUT2D eigenvalue weighted by molar-refractivity contribution is 0.0638. The van der Waals surface area contributed by atoms with Gasteiger partial charge in [0.15, 0.2) is 5.82 Å². The number of hydrogen-bond donors (Lipinski definition) is 2. The van der Waals surface area contributed by atoms with Gasteiger partial charge in [0.25, 0.3) is 5.91 Å². The highest BCUT2D eigenvalue weighted by molar-refractivity contribution is 5.96. The summed E-state index contributed by atoms with van der Waals surface area (Å²) in [5.41, 5.74) is 4.45. The van der Waals surface area contributed by atoms with Crippen molar-refractivity contribution in [1.29, 1.82) is 0 Å². The second-order valence-electron chi connectivity index (χ2n) is 4.84. The van der Waals surface area contributed by atoms with E-state index < -0.39 is 29.1 Å². The average Bonchev–Trinajstić information content (AvgIpc) is 2.75. The van der Waals surface area contributed by atoms with E-state index in [1.165, 1.54) is 4.90 Å². The molecule has 0 bridgehead atoms. The van der Waals surface area contributed by atoms with Gasteiger partial charge in [0.2, 0.25) is 0 Å². The van der Waals surface area contributed by atoms with Gasteiger partial charge in [-0.2, -0.15) is 0 Å². The van der Waals surface area contributed by atoms with E-state index in [1.807, 2.05) is 6.92 Å². The summed E-state index contributed by atoms with van der Waals surface area (Å²) in [6, 6.07) is 1.64. The fraction of sp³-hybridized carbons (Fsp3) is 0.462. The highest BCUT2D eigenvalue weighted by atomic mass is 19.1. The largest absolute Gasteiger partial charge is 0.396 e. The SMILES string of the molecule is CC1CCN(C(=O)c2c(F)ccc(N)c2F)C1CO. The lowest BCUT2D eigenvalue weighted by atomic mass is 10.0. The van der Waals surface area contributed by atoms with Gasteiger partial charge in [0.05, 0.1) is 18.3 Å². The topological polar surface area (TPSA) is 66.6 Å². The summed E-state index contributed by atoms with van der Waals surface area (Å²) < 4.78 is 27.5. The maximum atomic E-state index is 13.8. The van der Waals surface area contributed by atoms with Crippen LogP contribution in [0, 0.1) is 17.6 Å². The Morgan fingerprint density at radius 3 is 2.84 bits per heavy atom. The summed E-state index contributed by atoms with van der Waals surface area (Å²) in [5, 5.41) is 9.29. The van der Waals surface area contributed by atoms with Crippen molar-refractivity contribution < 1.29 is 18.7 Å². The first-order valence-corrected chi connectivity index (χ1v) is 6.12. The molecular formula is C13H16F2N2O2. The summed E-state index contributed by atoms with van der Waals surface area (Å²) >= 11 is 0. The van der Waals surface area contributed by atoms with Crippen LogP contribution in [0.5, 0.6) is 0 Å². The summed E-state index contributed by atoms with van der Waals surface area (Å²) in [5.74, 6) is -2.64. The first-order chi connectivity index (χ1) is 8.97. The summed E-state index contributed by atoms with van der Waals surface area (Å²) in [6.07, 6.45) is 0.697. The van der Waals surface area contributed by atoms with E-state index in [9.17, 15) is 18.7 Å². The lowest BCUT2D eigenvalue weighted by Gasteiger charge is -2.25. The van der Waals surface area contributed by atoms with Gasteiger partial charge in [-0.3, -0.25) is 4.79 Å². The number of benzene rings is 1. The molecule has 1 aromatic rings. The van der Waals surface area contributed by atoms with Crippen LogP contribution >= 0.6 is 0 Å². The van der Waals surface area contributed by atoms with Crippen LogP contribution in [0.25, 0.3) is 0 Å². The van der Waals surface area contributed by atoms with Crippen LogP contribution in [0.3, 0.4) is 0 Å². The molecule has 0 spiro atoms. The Morgan fingerprint density at radius 2 is 2.21 bits per heavy atom. The third kappa shape index (κ3) is 2.28. The minimum absolute atomic E-state index is 0.0983. The Morgan fingerprint density at radius 1 is 1.53 bits per heavy atom. The first-order valence-electron chi connectivity index (χ1n) is 6.12. The Labute approximate surface area is 109 Å². The molecule has 1 aromatic carbocycles. The molecule has 3 N–H and O–H groups in total. The number of halogens is 2. The van der Waals surface area contributed by atoms with Gasteiger partial charge in [-0.25, -0.2) is 8.78 Å². The standard InChI is InChI=1S/C13H16F2N2O2/c1-7-4-5-17(10(7)6-18)13(19)11-8(14)2-3-9(16)12(11)15/h2-3,7,10,18H,4-6,16H2,1H3. The average molecular weight is 270 g/mol. The van der Waals surface area contributed by atoms with E-state index in [1.54, 1.807) is 0 Å². The van der Waals surface area contributed by atoms with Gasteiger partial charge in [-0.1, -0.05) is 6.92 Å². The van der Waals surface area contributed by atoms with E-state index in [0.29, 0.717) is 13.0 Å². The van der Waals surface area contributed by atoms with E-state index in [2.05, 4.69) is 0 Å². The molecular weight excluding hydrogens is 254 g/mol. The van der Waals surface area contributed by atoms with Gasteiger partial charge >= 0.3 is 0 Å². The number of carbonyl (C=O) groups is 1. The molecule has 0 saturated carbocycles. The number of nitrogens with zero attached hydrogens (tertiary/aromatic N) is 1. The number of carbonyl (C=O) groups excluding carboxylic acids is 1. The summed E-state index contributed by atoms with van der Waals surface area (Å²) in [7, 11) is 0. The predicted molar refractivity (Wildman–Crippen MR) is 66.5 cm³/mol. The Bertz CT molecular complexity index is 508. The quantitative estimate of drug-likeness (QED) is 0.798. The zero-order chi connectivity index (χ0) is 14.2. The number of amides is 1. The highest BCUT2D eigenvalue weighted by Crippen LogP contribution is 2.28. The zero-order valence-electron chi connectivity index (χ0n) is 10.6. The van der Waals surface area contributed by atoms with Gasteiger partial charge < -0.3 is 15.7 Å². The molecule has 2 atom stereocenters. The van der Waals surface area contributed by atoms with Crippen molar-refractivity contribution in [2.45, 2.75) is 19.4 Å². The third-order valence-corrected chi connectivity index (χ3v) is 3.67. The molecule has 2 rings (SSSR count). The smallest absolute Gasteiger partial charge is 0.260 e. The van der Waals surface area contributed by atoms with Crippen molar-refractivity contribution in [2.75, 3.05) is 18.9 Å². The van der Waals surface area contributed by atoms with Crippen LogP contribution < -0.4 is 5.73 Å². The predicted octanol–water partition coefficient (Wildman–Crippen LogP) is 1.39. The lowest BCUT2D eigenvalue weighted by Crippen LogP contribution is -2.40. The molecule has 0 aromatic heterocycles. The van der Waals surface area contributed by atoms with Crippen LogP contribution in [0.2, 0.25) is 0 Å². The van der Waals surface area contributed by atoms with E-state index in [0.717, 1.165) is 12.1 Å². The highest BCUT2D eigenvalue weighted by Gasteiger charge is 2.36. The van der Waals surface area contributed by atoms with E-state index >= 15 is 0 Å². The molecule has 104 valence electrons. The molecule has 1 heterocycles. The molecule has 19 heavy (non-hydrogen) atoms. The normalized spacial score (nSPS) is 22.8. The van der Waals surface area contributed by atoms with Crippen molar-refractivity contribution in [3.05, 3.63) is 29.3 Å². The van der Waals surface area contributed by atoms with Crippen molar-refractivity contribution in [2.24, 2.45) is 5.92 Å². The monoisotopic (exact) mass is 270 g/mol. The first kappa shape index (κ1) is 13.7. The van der Waals surface area contributed by atoms with Crippen LogP contribution in [0.15, 0.2) is 12.1 Å². The van der Waals surface area contributed by atoms with E-state index in [4.69, 9.17) is 5.73 Å². The minimum Gasteiger partial charge on any atom is -0.396 e. The molecule has 4 nitrogen and oxygen atoms in total. The number of nitrogens with two attached hydrogens (primary N) is 1. The molecule has 0 radical (unpaired) electrons. The molecule has 6 heteroatoms. The van der Waals surface area contributed by atoms with Crippen molar-refractivity contribution >= 4 is 11.6 Å². The fourth-order valence-electron chi connectivity index (χ4n) is 2.45. The van der Waals surface area contributed by atoms with Gasteiger partial charge in [0.1, 0.15) is 11.4 Å². The maximum absolute atomic E-state index is 13.8. The van der Waals surface area contributed by atoms with E-state index in [-0.39, 0.29) is 18.2 Å². The number of aliphatic hydroxyl groups is 1. The number of nitrogen functional groups attached to an aromatic ring is 1. The molecule has 2 unspecified atom stereocenters. The second kappa shape index (κ2) is 5.13. The second-order valence-corrected chi connectivity index (χ2v) is 4.84. The zero-order valence-corrected chi connectivity index (χ0v) is 10.6. The Kier molecular flexibility index (Phi) is 3.71. The van der Waals surface area contributed by atoms with Crippen molar-refractivity contribution in [1.82, 2.24) is 4.90 Å². The van der Waals surface area contributed by atoms with Crippen molar-refractivity contribution in [3.8, 4) is 0 Å². The number of anilines is 1. The number of rotatable bonds is 2. The Hall–Kier alpha value is -1.69. The number of aliphatic hydroxyl groups excluding tert-OH is 1. The summed E-state index contributed by atoms with van der Waals surface area (Å²) in [6.45, 7) is 2.04. The third-order valence-electron chi connectivity index (χ3n) is 3.67. The molecule has 1 aliphatic rings. The van der Waals surface area contributed by atoms with Gasteiger partial charge in [-0.05, 0) is 24.5 Å². The van der Waals surface area contributed by atoms with Crippen LogP contribution in [0.1, 0.15) is 23.7 Å². The van der Waals surface area contributed by atoms with Crippen molar-refractivity contribution in [3.63, 3.8) is 0 Å². The van der Waals surface area contributed by atoms with Gasteiger partial charge in [-0.15, -0.1) is 0 Å².